The van der Waals surface area contributed by atoms with E-state index in [1.165, 1.54) is 24.8 Å². The summed E-state index contributed by atoms with van der Waals surface area (Å²) in [4.78, 5) is 14.8. The maximum Gasteiger partial charge on any atom is 0.220 e. The van der Waals surface area contributed by atoms with Crippen molar-refractivity contribution < 1.29 is 4.79 Å². The highest BCUT2D eigenvalue weighted by atomic mass is 35.5. The number of likely N-dealkylation sites (tertiary alicyclic amines) is 1. The van der Waals surface area contributed by atoms with Crippen LogP contribution in [0.2, 0.25) is 0 Å². The maximum absolute atomic E-state index is 12.3. The molecule has 3 atom stereocenters. The van der Waals surface area contributed by atoms with Crippen molar-refractivity contribution >= 4 is 30.7 Å². The van der Waals surface area contributed by atoms with Gasteiger partial charge in [0.2, 0.25) is 5.91 Å². The standard InChI is InChI=1S/C22H35N3O.2ClH/c1-18(21-8-5-11-23-16-21)14-22(26)24-15-20-10-13-25(17-20)12-9-19-6-3-2-4-7-19;;/h2-4,6-7,18,20-21,23H,5,8-17H2,1H3,(H,24,26);2*1H. The van der Waals surface area contributed by atoms with Gasteiger partial charge in [0.15, 0.2) is 0 Å². The van der Waals surface area contributed by atoms with Gasteiger partial charge in [0.05, 0.1) is 0 Å². The highest BCUT2D eigenvalue weighted by molar-refractivity contribution is 5.85. The molecule has 0 radical (unpaired) electrons. The van der Waals surface area contributed by atoms with Crippen LogP contribution in [0, 0.1) is 17.8 Å². The smallest absolute Gasteiger partial charge is 0.220 e. The number of nitrogens with zero attached hydrogens (tertiary/aromatic N) is 1. The minimum Gasteiger partial charge on any atom is -0.356 e. The predicted octanol–water partition coefficient (Wildman–Crippen LogP) is 3.54. The lowest BCUT2D eigenvalue weighted by atomic mass is 9.85. The van der Waals surface area contributed by atoms with Gasteiger partial charge in [-0.15, -0.1) is 24.8 Å². The number of rotatable bonds is 8. The Morgan fingerprint density at radius 3 is 2.75 bits per heavy atom. The van der Waals surface area contributed by atoms with Gasteiger partial charge in [0, 0.05) is 26.1 Å². The van der Waals surface area contributed by atoms with Gasteiger partial charge >= 0.3 is 0 Å². The Balaban J connectivity index is 0.00000196. The van der Waals surface area contributed by atoms with Gasteiger partial charge in [-0.3, -0.25) is 4.79 Å². The van der Waals surface area contributed by atoms with Crippen LogP contribution in [0.1, 0.15) is 38.2 Å². The number of carbonyl (C=O) groups excluding carboxylic acids is 1. The Morgan fingerprint density at radius 2 is 2.04 bits per heavy atom. The quantitative estimate of drug-likeness (QED) is 0.663. The molecule has 3 unspecified atom stereocenters. The second-order valence-electron chi connectivity index (χ2n) is 8.28. The van der Waals surface area contributed by atoms with E-state index in [9.17, 15) is 4.79 Å². The minimum atomic E-state index is 0. The normalized spacial score (nSPS) is 23.3. The molecule has 1 aromatic rings. The molecule has 0 bridgehead atoms. The van der Waals surface area contributed by atoms with Crippen molar-refractivity contribution in [3.63, 3.8) is 0 Å². The molecule has 0 saturated carbocycles. The SMILES string of the molecule is CC(CC(=O)NCC1CCN(CCc2ccccc2)C1)C1CCCNC1.Cl.Cl. The number of piperidine rings is 1. The van der Waals surface area contributed by atoms with E-state index in [1.54, 1.807) is 0 Å². The monoisotopic (exact) mass is 429 g/mol. The first kappa shape index (κ1) is 25.2. The summed E-state index contributed by atoms with van der Waals surface area (Å²) in [5.74, 6) is 2.00. The van der Waals surface area contributed by atoms with E-state index in [-0.39, 0.29) is 30.7 Å². The van der Waals surface area contributed by atoms with Crippen LogP contribution >= 0.6 is 24.8 Å². The molecule has 2 heterocycles. The molecule has 2 saturated heterocycles. The van der Waals surface area contributed by atoms with E-state index >= 15 is 0 Å². The molecule has 0 spiro atoms. The summed E-state index contributed by atoms with van der Waals surface area (Å²) >= 11 is 0. The van der Waals surface area contributed by atoms with E-state index in [1.807, 2.05) is 0 Å². The maximum atomic E-state index is 12.3. The van der Waals surface area contributed by atoms with Crippen molar-refractivity contribution in [1.29, 1.82) is 0 Å². The molecule has 2 N–H and O–H groups in total. The zero-order valence-electron chi connectivity index (χ0n) is 17.1. The summed E-state index contributed by atoms with van der Waals surface area (Å²) in [6.45, 7) is 8.70. The van der Waals surface area contributed by atoms with Crippen molar-refractivity contribution in [3.05, 3.63) is 35.9 Å². The Hall–Kier alpha value is -0.810. The number of amides is 1. The lowest BCUT2D eigenvalue weighted by molar-refractivity contribution is -0.122. The summed E-state index contributed by atoms with van der Waals surface area (Å²) in [7, 11) is 0. The minimum absolute atomic E-state index is 0. The summed E-state index contributed by atoms with van der Waals surface area (Å²) in [6.07, 6.45) is 5.51. The van der Waals surface area contributed by atoms with Crippen LogP contribution in [-0.4, -0.2) is 50.1 Å². The number of benzene rings is 1. The number of hydrogen-bond acceptors (Lipinski definition) is 3. The molecule has 3 rings (SSSR count). The van der Waals surface area contributed by atoms with Crippen molar-refractivity contribution in [1.82, 2.24) is 15.5 Å². The first-order valence-corrected chi connectivity index (χ1v) is 10.4. The van der Waals surface area contributed by atoms with Gasteiger partial charge in [0.25, 0.3) is 0 Å². The van der Waals surface area contributed by atoms with E-state index in [2.05, 4.69) is 52.8 Å². The second-order valence-corrected chi connectivity index (χ2v) is 8.28. The topological polar surface area (TPSA) is 44.4 Å². The molecule has 28 heavy (non-hydrogen) atoms. The third kappa shape index (κ3) is 8.28. The zero-order chi connectivity index (χ0) is 18.2. The fraction of sp³-hybridized carbons (Fsp3) is 0.682. The largest absolute Gasteiger partial charge is 0.356 e. The van der Waals surface area contributed by atoms with Crippen LogP contribution in [0.15, 0.2) is 30.3 Å². The summed E-state index contributed by atoms with van der Waals surface area (Å²) < 4.78 is 0. The van der Waals surface area contributed by atoms with E-state index in [0.717, 1.165) is 45.7 Å². The van der Waals surface area contributed by atoms with Crippen LogP contribution in [-0.2, 0) is 11.2 Å². The van der Waals surface area contributed by atoms with Crippen molar-refractivity contribution in [2.45, 2.75) is 39.0 Å². The molecule has 1 aromatic carbocycles. The predicted molar refractivity (Wildman–Crippen MR) is 122 cm³/mol. The highest BCUT2D eigenvalue weighted by Crippen LogP contribution is 2.22. The summed E-state index contributed by atoms with van der Waals surface area (Å²) in [6, 6.07) is 10.7. The molecular formula is C22H37Cl2N3O. The first-order chi connectivity index (χ1) is 12.7. The Labute approximate surface area is 183 Å². The van der Waals surface area contributed by atoms with Gasteiger partial charge in [-0.1, -0.05) is 37.3 Å². The zero-order valence-corrected chi connectivity index (χ0v) is 18.7. The molecule has 2 aliphatic heterocycles. The third-order valence-electron chi connectivity index (χ3n) is 6.16. The molecular weight excluding hydrogens is 393 g/mol. The molecule has 6 heteroatoms. The highest BCUT2D eigenvalue weighted by Gasteiger charge is 2.24. The van der Waals surface area contributed by atoms with Crippen LogP contribution in [0.25, 0.3) is 0 Å². The lowest BCUT2D eigenvalue weighted by Gasteiger charge is -2.28. The summed E-state index contributed by atoms with van der Waals surface area (Å²) in [5.41, 5.74) is 1.41. The lowest BCUT2D eigenvalue weighted by Crippen LogP contribution is -2.36. The number of carbonyl (C=O) groups is 1. The van der Waals surface area contributed by atoms with Gasteiger partial charge in [0.1, 0.15) is 0 Å². The van der Waals surface area contributed by atoms with Gasteiger partial charge < -0.3 is 15.5 Å². The Bertz CT molecular complexity index is 552. The molecule has 0 aliphatic carbocycles. The number of halogens is 2. The first-order valence-electron chi connectivity index (χ1n) is 10.4. The molecule has 0 aromatic heterocycles. The molecule has 160 valence electrons. The van der Waals surface area contributed by atoms with Crippen LogP contribution < -0.4 is 10.6 Å². The van der Waals surface area contributed by atoms with Crippen molar-refractivity contribution in [3.8, 4) is 0 Å². The fourth-order valence-electron chi connectivity index (χ4n) is 4.37. The number of hydrogen-bond donors (Lipinski definition) is 2. The molecule has 2 aliphatic rings. The second kappa shape index (κ2) is 13.4. The average molecular weight is 430 g/mol. The molecule has 2 fully saturated rings. The van der Waals surface area contributed by atoms with E-state index in [4.69, 9.17) is 0 Å². The van der Waals surface area contributed by atoms with Crippen molar-refractivity contribution in [2.24, 2.45) is 17.8 Å². The fourth-order valence-corrected chi connectivity index (χ4v) is 4.37. The third-order valence-corrected chi connectivity index (χ3v) is 6.16. The van der Waals surface area contributed by atoms with Crippen LogP contribution in [0.3, 0.4) is 0 Å². The van der Waals surface area contributed by atoms with Crippen LogP contribution in [0.4, 0.5) is 0 Å². The van der Waals surface area contributed by atoms with Gasteiger partial charge in [-0.25, -0.2) is 0 Å². The number of nitrogens with one attached hydrogen (secondary N) is 2. The van der Waals surface area contributed by atoms with Crippen LogP contribution in [0.5, 0.6) is 0 Å². The summed E-state index contributed by atoms with van der Waals surface area (Å²) in [5, 5.41) is 6.66. The molecule has 4 nitrogen and oxygen atoms in total. The average Bonchev–Trinajstić information content (AvgIpc) is 3.14. The Morgan fingerprint density at radius 1 is 1.25 bits per heavy atom. The Kier molecular flexibility index (Phi) is 12.1. The van der Waals surface area contributed by atoms with E-state index in [0.29, 0.717) is 24.2 Å². The molecule has 1 amide bonds. The van der Waals surface area contributed by atoms with Gasteiger partial charge in [-0.05, 0) is 68.6 Å². The van der Waals surface area contributed by atoms with Crippen molar-refractivity contribution in [2.75, 3.05) is 39.3 Å². The van der Waals surface area contributed by atoms with E-state index < -0.39 is 0 Å². The van der Waals surface area contributed by atoms with Gasteiger partial charge in [-0.2, -0.15) is 0 Å².